The summed E-state index contributed by atoms with van der Waals surface area (Å²) in [5.74, 6) is -3.35. The molecule has 0 fully saturated rings. The highest BCUT2D eigenvalue weighted by Crippen LogP contribution is 2.18. The van der Waals surface area contributed by atoms with E-state index in [2.05, 4.69) is 5.32 Å². The lowest BCUT2D eigenvalue weighted by molar-refractivity contribution is -0.139. The Morgan fingerprint density at radius 1 is 1.13 bits per heavy atom. The van der Waals surface area contributed by atoms with E-state index in [0.29, 0.717) is 37.1 Å². The first kappa shape index (κ1) is 18.6. The molecule has 0 saturated carbocycles. The van der Waals surface area contributed by atoms with Crippen LogP contribution in [0.2, 0.25) is 0 Å². The highest BCUT2D eigenvalue weighted by atomic mass is 16.4. The first-order valence-electron chi connectivity index (χ1n) is 7.26. The molecule has 0 heterocycles. The van der Waals surface area contributed by atoms with Crippen molar-refractivity contribution in [2.45, 2.75) is 38.1 Å². The number of carboxylic acid groups (broad SMARTS) is 2. The van der Waals surface area contributed by atoms with Crippen LogP contribution in [-0.2, 0) is 19.2 Å². The summed E-state index contributed by atoms with van der Waals surface area (Å²) >= 11 is 0. The monoisotopic (exact) mass is 324 g/mol. The van der Waals surface area contributed by atoms with Gasteiger partial charge in [-0.05, 0) is 37.3 Å². The Morgan fingerprint density at radius 3 is 2.39 bits per heavy atom. The van der Waals surface area contributed by atoms with Crippen LogP contribution in [0.15, 0.2) is 23.4 Å². The van der Waals surface area contributed by atoms with E-state index in [1.165, 1.54) is 6.08 Å². The van der Waals surface area contributed by atoms with Crippen molar-refractivity contribution in [3.63, 3.8) is 0 Å². The number of rotatable bonds is 10. The second-order valence-corrected chi connectivity index (χ2v) is 5.22. The van der Waals surface area contributed by atoms with Gasteiger partial charge in [-0.15, -0.1) is 0 Å². The Bertz CT molecular complexity index is 564. The number of nitrogens with two attached hydrogens (primary N) is 1. The predicted octanol–water partition coefficient (Wildman–Crippen LogP) is -0.0149. The maximum atomic E-state index is 11.4. The second kappa shape index (κ2) is 8.84. The van der Waals surface area contributed by atoms with Gasteiger partial charge in [-0.3, -0.25) is 19.2 Å². The second-order valence-electron chi connectivity index (χ2n) is 5.22. The molecule has 0 radical (unpaired) electrons. The number of carbonyl (C=O) groups excluding carboxylic acids is 2. The van der Waals surface area contributed by atoms with E-state index in [0.717, 1.165) is 6.08 Å². The smallest absolute Gasteiger partial charge is 0.320 e. The van der Waals surface area contributed by atoms with Crippen molar-refractivity contribution in [2.24, 2.45) is 5.73 Å². The number of hydrogen-bond acceptors (Lipinski definition) is 6. The molecular weight excluding hydrogens is 304 g/mol. The van der Waals surface area contributed by atoms with E-state index in [1.54, 1.807) is 0 Å². The van der Waals surface area contributed by atoms with Crippen molar-refractivity contribution in [1.29, 1.82) is 0 Å². The number of hydrogen-bond donors (Lipinski definition) is 4. The molecule has 0 aromatic carbocycles. The van der Waals surface area contributed by atoms with Crippen LogP contribution in [0.25, 0.3) is 0 Å². The molecule has 0 saturated heterocycles. The van der Waals surface area contributed by atoms with Gasteiger partial charge in [-0.1, -0.05) is 0 Å². The highest BCUT2D eigenvalue weighted by molar-refractivity contribution is 6.46. The SMILES string of the molecule is N[C@@H](CCCCNC1=CC(=O)C(=O)C=C1CCC(=O)O)C(=O)O. The van der Waals surface area contributed by atoms with Gasteiger partial charge < -0.3 is 21.3 Å². The summed E-state index contributed by atoms with van der Waals surface area (Å²) in [7, 11) is 0. The fraction of sp³-hybridized carbons (Fsp3) is 0.467. The Labute approximate surface area is 133 Å². The third-order valence-electron chi connectivity index (χ3n) is 3.35. The minimum absolute atomic E-state index is 0.139. The lowest BCUT2D eigenvalue weighted by Gasteiger charge is -2.17. The highest BCUT2D eigenvalue weighted by Gasteiger charge is 2.20. The maximum Gasteiger partial charge on any atom is 0.320 e. The van der Waals surface area contributed by atoms with Gasteiger partial charge in [-0.25, -0.2) is 0 Å². The molecule has 1 aliphatic rings. The van der Waals surface area contributed by atoms with Crippen molar-refractivity contribution in [3.05, 3.63) is 23.4 Å². The molecule has 0 aliphatic heterocycles. The van der Waals surface area contributed by atoms with Crippen molar-refractivity contribution >= 4 is 23.5 Å². The van der Waals surface area contributed by atoms with Crippen LogP contribution in [0.4, 0.5) is 0 Å². The Kier molecular flexibility index (Phi) is 7.14. The third kappa shape index (κ3) is 6.43. The van der Waals surface area contributed by atoms with Crippen LogP contribution in [0.5, 0.6) is 0 Å². The topological polar surface area (TPSA) is 147 Å². The number of ketones is 2. The number of nitrogens with one attached hydrogen (secondary N) is 1. The summed E-state index contributed by atoms with van der Waals surface area (Å²) in [4.78, 5) is 44.0. The Hall–Kier alpha value is -2.48. The average Bonchev–Trinajstić information content (AvgIpc) is 2.48. The van der Waals surface area contributed by atoms with E-state index in [9.17, 15) is 19.2 Å². The molecule has 126 valence electrons. The maximum absolute atomic E-state index is 11.4. The minimum atomic E-state index is -1.05. The van der Waals surface area contributed by atoms with E-state index >= 15 is 0 Å². The van der Waals surface area contributed by atoms with E-state index < -0.39 is 29.5 Å². The van der Waals surface area contributed by atoms with Gasteiger partial charge in [0, 0.05) is 24.7 Å². The Balaban J connectivity index is 2.48. The molecule has 1 aliphatic carbocycles. The summed E-state index contributed by atoms with van der Waals surface area (Å²) < 4.78 is 0. The predicted molar refractivity (Wildman–Crippen MR) is 80.5 cm³/mol. The zero-order valence-corrected chi connectivity index (χ0v) is 12.6. The van der Waals surface area contributed by atoms with Gasteiger partial charge in [-0.2, -0.15) is 0 Å². The quantitative estimate of drug-likeness (QED) is 0.249. The number of carbonyl (C=O) groups is 4. The summed E-state index contributed by atoms with van der Waals surface area (Å²) in [6.45, 7) is 0.462. The summed E-state index contributed by atoms with van der Waals surface area (Å²) in [6, 6.07) is -0.894. The number of allylic oxidation sites excluding steroid dienone is 3. The van der Waals surface area contributed by atoms with Crippen LogP contribution in [0.1, 0.15) is 32.1 Å². The summed E-state index contributed by atoms with van der Waals surface area (Å²) in [5.41, 5.74) is 6.32. The van der Waals surface area contributed by atoms with E-state index in [4.69, 9.17) is 15.9 Å². The van der Waals surface area contributed by atoms with Gasteiger partial charge in [0.2, 0.25) is 11.6 Å². The largest absolute Gasteiger partial charge is 0.481 e. The minimum Gasteiger partial charge on any atom is -0.481 e. The molecule has 1 rings (SSSR count). The van der Waals surface area contributed by atoms with Crippen LogP contribution < -0.4 is 11.1 Å². The van der Waals surface area contributed by atoms with Gasteiger partial charge in [0.1, 0.15) is 6.04 Å². The van der Waals surface area contributed by atoms with Crippen LogP contribution >= 0.6 is 0 Å². The van der Waals surface area contributed by atoms with Gasteiger partial charge in [0.05, 0.1) is 0 Å². The molecule has 23 heavy (non-hydrogen) atoms. The molecule has 0 unspecified atom stereocenters. The average molecular weight is 324 g/mol. The van der Waals surface area contributed by atoms with E-state index in [1.807, 2.05) is 0 Å². The van der Waals surface area contributed by atoms with Crippen LogP contribution in [0.3, 0.4) is 0 Å². The number of aliphatic carboxylic acids is 2. The van der Waals surface area contributed by atoms with E-state index in [-0.39, 0.29) is 12.8 Å². The third-order valence-corrected chi connectivity index (χ3v) is 3.35. The first-order chi connectivity index (χ1) is 10.8. The van der Waals surface area contributed by atoms with Crippen molar-refractivity contribution < 1.29 is 29.4 Å². The normalized spacial score (nSPS) is 15.7. The number of unbranched alkanes of at least 4 members (excludes halogenated alkanes) is 1. The molecule has 8 nitrogen and oxygen atoms in total. The van der Waals surface area contributed by atoms with Crippen molar-refractivity contribution in [1.82, 2.24) is 5.32 Å². The summed E-state index contributed by atoms with van der Waals surface area (Å²) in [5, 5.41) is 20.4. The fourth-order valence-corrected chi connectivity index (χ4v) is 2.05. The zero-order chi connectivity index (χ0) is 17.4. The molecular formula is C15H20N2O6. The zero-order valence-electron chi connectivity index (χ0n) is 12.6. The first-order valence-corrected chi connectivity index (χ1v) is 7.26. The molecule has 0 aromatic heterocycles. The number of carboxylic acids is 2. The van der Waals surface area contributed by atoms with Crippen LogP contribution in [-0.4, -0.2) is 46.3 Å². The molecule has 0 spiro atoms. The van der Waals surface area contributed by atoms with Gasteiger partial charge in [0.15, 0.2) is 0 Å². The molecule has 0 aromatic rings. The summed E-state index contributed by atoms with van der Waals surface area (Å²) in [6.07, 6.45) is 3.91. The molecule has 5 N–H and O–H groups in total. The molecule has 0 amide bonds. The van der Waals surface area contributed by atoms with Crippen LogP contribution in [0, 0.1) is 0 Å². The molecule has 8 heteroatoms. The van der Waals surface area contributed by atoms with Gasteiger partial charge >= 0.3 is 11.9 Å². The Morgan fingerprint density at radius 2 is 1.78 bits per heavy atom. The fourth-order valence-electron chi connectivity index (χ4n) is 2.05. The lowest BCUT2D eigenvalue weighted by atomic mass is 9.97. The molecule has 0 bridgehead atoms. The molecule has 1 atom stereocenters. The van der Waals surface area contributed by atoms with Crippen molar-refractivity contribution in [3.8, 4) is 0 Å². The van der Waals surface area contributed by atoms with Gasteiger partial charge in [0.25, 0.3) is 0 Å². The van der Waals surface area contributed by atoms with Crippen molar-refractivity contribution in [2.75, 3.05) is 6.54 Å². The standard InChI is InChI=1S/C15H20N2O6/c16-10(15(22)23)3-1-2-6-17-11-8-13(19)12(18)7-9(11)4-5-14(20)21/h7-8,10,17H,1-6,16H2,(H,20,21)(H,22,23)/t10-/m0/s1. The lowest BCUT2D eigenvalue weighted by Crippen LogP contribution is -2.30.